The van der Waals surface area contributed by atoms with Crippen molar-refractivity contribution in [1.82, 2.24) is 0 Å². The summed E-state index contributed by atoms with van der Waals surface area (Å²) in [7, 11) is 3.25. The van der Waals surface area contributed by atoms with Crippen LogP contribution < -0.4 is 18.9 Å². The number of fused-ring (bicyclic) bond motifs is 4. The monoisotopic (exact) mass is 404 g/mol. The van der Waals surface area contributed by atoms with Crippen molar-refractivity contribution in [3.63, 3.8) is 0 Å². The summed E-state index contributed by atoms with van der Waals surface area (Å²) < 4.78 is 24.0. The van der Waals surface area contributed by atoms with Gasteiger partial charge in [0.15, 0.2) is 28.8 Å². The number of carbonyl (C=O) groups is 1. The molecule has 0 spiro atoms. The Labute approximate surface area is 175 Å². The minimum absolute atomic E-state index is 0.0298. The van der Waals surface area contributed by atoms with E-state index in [9.17, 15) is 4.79 Å². The fourth-order valence-corrected chi connectivity index (χ4v) is 4.74. The Morgan fingerprint density at radius 1 is 0.867 bits per heavy atom. The van der Waals surface area contributed by atoms with E-state index >= 15 is 0 Å². The molecule has 1 aliphatic carbocycles. The van der Waals surface area contributed by atoms with Crippen molar-refractivity contribution in [2.45, 2.75) is 32.5 Å². The summed E-state index contributed by atoms with van der Waals surface area (Å²) in [5.74, 6) is 2.63. The van der Waals surface area contributed by atoms with Crippen LogP contribution in [0.2, 0.25) is 0 Å². The summed E-state index contributed by atoms with van der Waals surface area (Å²) in [6, 6.07) is 11.4. The number of Topliss-reactive ketones (excluding diaryl/α,β-unsaturated/α-hetero) is 1. The number of hydrogen-bond donors (Lipinski definition) is 0. The first-order valence-corrected chi connectivity index (χ1v) is 10.2. The summed E-state index contributed by atoms with van der Waals surface area (Å²) in [4.78, 5) is 13.6. The molecular formula is C25H24O5. The van der Waals surface area contributed by atoms with Crippen LogP contribution in [0, 0.1) is 5.41 Å². The standard InChI is InChI=1S/C25H24O5/c1-5-25(2)23-16(12-14-8-6-10-18(27-3)21(14)29-23)20(26)17-13-15-9-7-11-19(28-4)22(15)30-24(17)25/h6-13,23-24H,5H2,1-4H3/t23-,24-/m1/s1. The van der Waals surface area contributed by atoms with Gasteiger partial charge in [0.25, 0.3) is 0 Å². The number of ketones is 1. The van der Waals surface area contributed by atoms with Gasteiger partial charge in [-0.25, -0.2) is 0 Å². The number of methoxy groups -OCH3 is 2. The van der Waals surface area contributed by atoms with Gasteiger partial charge >= 0.3 is 0 Å². The average Bonchev–Trinajstić information content (AvgIpc) is 2.79. The third-order valence-corrected chi connectivity index (χ3v) is 6.60. The molecule has 2 heterocycles. The van der Waals surface area contributed by atoms with Crippen molar-refractivity contribution in [2.75, 3.05) is 14.2 Å². The van der Waals surface area contributed by atoms with Crippen LogP contribution in [0.15, 0.2) is 47.5 Å². The lowest BCUT2D eigenvalue weighted by Gasteiger charge is -2.50. The number of para-hydroxylation sites is 2. The van der Waals surface area contributed by atoms with Crippen molar-refractivity contribution in [3.8, 4) is 23.0 Å². The van der Waals surface area contributed by atoms with E-state index in [1.165, 1.54) is 0 Å². The van der Waals surface area contributed by atoms with Crippen LogP contribution in [0.5, 0.6) is 23.0 Å². The Hall–Kier alpha value is -3.21. The van der Waals surface area contributed by atoms with E-state index in [2.05, 4.69) is 13.8 Å². The summed E-state index contributed by atoms with van der Waals surface area (Å²) >= 11 is 0. The molecule has 2 aliphatic heterocycles. The van der Waals surface area contributed by atoms with Gasteiger partial charge in [0.2, 0.25) is 0 Å². The molecule has 1 saturated carbocycles. The largest absolute Gasteiger partial charge is 0.493 e. The maximum absolute atomic E-state index is 13.6. The van der Waals surface area contributed by atoms with Gasteiger partial charge in [-0.2, -0.15) is 0 Å². The maximum Gasteiger partial charge on any atom is 0.192 e. The van der Waals surface area contributed by atoms with Crippen LogP contribution in [0.1, 0.15) is 31.4 Å². The molecule has 5 rings (SSSR count). The predicted molar refractivity (Wildman–Crippen MR) is 114 cm³/mol. The molecule has 30 heavy (non-hydrogen) atoms. The average molecular weight is 404 g/mol. The molecule has 154 valence electrons. The molecule has 0 N–H and O–H groups in total. The van der Waals surface area contributed by atoms with Crippen molar-refractivity contribution in [2.24, 2.45) is 5.41 Å². The highest BCUT2D eigenvalue weighted by molar-refractivity contribution is 6.17. The molecule has 0 radical (unpaired) electrons. The maximum atomic E-state index is 13.6. The van der Waals surface area contributed by atoms with Crippen LogP contribution >= 0.6 is 0 Å². The topological polar surface area (TPSA) is 54.0 Å². The Kier molecular flexibility index (Phi) is 4.17. The SMILES string of the molecule is CCC1(C)[C@@H]2Oc3c(cccc3OC)C=C2C(=O)C2=Cc3cccc(OC)c3O[C@H]21. The highest BCUT2D eigenvalue weighted by Crippen LogP contribution is 2.53. The zero-order valence-corrected chi connectivity index (χ0v) is 17.5. The van der Waals surface area contributed by atoms with Gasteiger partial charge in [-0.05, 0) is 30.7 Å². The van der Waals surface area contributed by atoms with E-state index in [-0.39, 0.29) is 5.78 Å². The zero-order valence-electron chi connectivity index (χ0n) is 17.5. The number of ether oxygens (including phenoxy) is 4. The quantitative estimate of drug-likeness (QED) is 0.743. The van der Waals surface area contributed by atoms with E-state index in [4.69, 9.17) is 18.9 Å². The van der Waals surface area contributed by atoms with E-state index in [0.717, 1.165) is 17.5 Å². The molecule has 1 fully saturated rings. The Morgan fingerprint density at radius 3 is 1.73 bits per heavy atom. The van der Waals surface area contributed by atoms with E-state index < -0.39 is 17.6 Å². The minimum Gasteiger partial charge on any atom is -0.493 e. The van der Waals surface area contributed by atoms with Gasteiger partial charge in [0.05, 0.1) is 19.6 Å². The predicted octanol–water partition coefficient (Wildman–Crippen LogP) is 4.69. The third-order valence-electron chi connectivity index (χ3n) is 6.60. The van der Waals surface area contributed by atoms with E-state index in [1.807, 2.05) is 48.6 Å². The minimum atomic E-state index is -0.456. The van der Waals surface area contributed by atoms with Crippen molar-refractivity contribution < 1.29 is 23.7 Å². The summed E-state index contributed by atoms with van der Waals surface area (Å²) in [6.45, 7) is 4.23. The number of rotatable bonds is 3. The molecule has 0 aromatic heterocycles. The molecule has 5 nitrogen and oxygen atoms in total. The van der Waals surface area contributed by atoms with Crippen LogP contribution in [0.4, 0.5) is 0 Å². The van der Waals surface area contributed by atoms with Crippen LogP contribution in [-0.4, -0.2) is 32.2 Å². The first-order valence-electron chi connectivity index (χ1n) is 10.2. The molecule has 2 aromatic carbocycles. The molecule has 3 aliphatic rings. The fraction of sp³-hybridized carbons (Fsp3) is 0.320. The molecule has 0 unspecified atom stereocenters. The second-order valence-corrected chi connectivity index (χ2v) is 8.14. The molecule has 5 heteroatoms. The summed E-state index contributed by atoms with van der Waals surface area (Å²) in [6.07, 6.45) is 3.79. The van der Waals surface area contributed by atoms with Gasteiger partial charge in [0.1, 0.15) is 12.2 Å². The van der Waals surface area contributed by atoms with Crippen molar-refractivity contribution in [3.05, 3.63) is 58.7 Å². The molecule has 0 amide bonds. The second-order valence-electron chi connectivity index (χ2n) is 8.14. The number of hydrogen-bond acceptors (Lipinski definition) is 5. The Balaban J connectivity index is 1.70. The van der Waals surface area contributed by atoms with Gasteiger partial charge < -0.3 is 18.9 Å². The number of benzene rings is 2. The fourth-order valence-electron chi connectivity index (χ4n) is 4.74. The number of carbonyl (C=O) groups excluding carboxylic acids is 1. The molecule has 2 aromatic rings. The third kappa shape index (κ3) is 2.44. The van der Waals surface area contributed by atoms with Gasteiger partial charge in [0, 0.05) is 22.3 Å². The lowest BCUT2D eigenvalue weighted by molar-refractivity contribution is -0.120. The Bertz CT molecular complexity index is 1030. The van der Waals surface area contributed by atoms with Crippen molar-refractivity contribution in [1.29, 1.82) is 0 Å². The van der Waals surface area contributed by atoms with E-state index in [0.29, 0.717) is 34.1 Å². The lowest BCUT2D eigenvalue weighted by Crippen LogP contribution is -2.57. The normalized spacial score (nSPS) is 22.7. The van der Waals surface area contributed by atoms with Crippen LogP contribution in [-0.2, 0) is 4.79 Å². The summed E-state index contributed by atoms with van der Waals surface area (Å²) in [5, 5.41) is 0. The van der Waals surface area contributed by atoms with E-state index in [1.54, 1.807) is 14.2 Å². The zero-order chi connectivity index (χ0) is 21.0. The molecular weight excluding hydrogens is 380 g/mol. The highest BCUT2D eigenvalue weighted by Gasteiger charge is 2.56. The lowest BCUT2D eigenvalue weighted by atomic mass is 9.63. The second kappa shape index (κ2) is 6.66. The first kappa shape index (κ1) is 18.8. The summed E-state index contributed by atoms with van der Waals surface area (Å²) in [5.41, 5.74) is 2.58. The molecule has 2 atom stereocenters. The van der Waals surface area contributed by atoms with Crippen LogP contribution in [0.25, 0.3) is 12.2 Å². The first-order chi connectivity index (χ1) is 14.5. The highest BCUT2D eigenvalue weighted by atomic mass is 16.5. The molecule has 0 saturated heterocycles. The van der Waals surface area contributed by atoms with Gasteiger partial charge in [-0.3, -0.25) is 4.79 Å². The van der Waals surface area contributed by atoms with Crippen LogP contribution in [0.3, 0.4) is 0 Å². The van der Waals surface area contributed by atoms with Crippen molar-refractivity contribution >= 4 is 17.9 Å². The van der Waals surface area contributed by atoms with Gasteiger partial charge in [-0.15, -0.1) is 0 Å². The molecule has 0 bridgehead atoms. The smallest absolute Gasteiger partial charge is 0.192 e. The Morgan fingerprint density at radius 2 is 1.33 bits per heavy atom. The van der Waals surface area contributed by atoms with Gasteiger partial charge in [-0.1, -0.05) is 38.1 Å².